The Hall–Kier alpha value is -2.90. The van der Waals surface area contributed by atoms with Crippen molar-refractivity contribution in [1.82, 2.24) is 20.3 Å². The average molecular weight is 343 g/mol. The molecule has 3 heterocycles. The Balaban J connectivity index is 1.59. The number of anilines is 1. The van der Waals surface area contributed by atoms with E-state index >= 15 is 0 Å². The molecule has 0 radical (unpaired) electrons. The van der Waals surface area contributed by atoms with Gasteiger partial charge in [0.15, 0.2) is 0 Å². The first-order valence-corrected chi connectivity index (χ1v) is 8.12. The van der Waals surface area contributed by atoms with Crippen LogP contribution >= 0.6 is 0 Å². The van der Waals surface area contributed by atoms with Crippen molar-refractivity contribution in [2.24, 2.45) is 0 Å². The Bertz CT molecular complexity index is 695. The number of carbonyl (C=O) groups excluding carboxylic acids is 1. The first kappa shape index (κ1) is 16.9. The molecule has 0 spiro atoms. The minimum absolute atomic E-state index is 0.0693. The molecule has 0 saturated carbocycles. The minimum atomic E-state index is -0.0693. The molecule has 1 aliphatic rings. The number of amides is 1. The van der Waals surface area contributed by atoms with Gasteiger partial charge in [-0.15, -0.1) is 0 Å². The fourth-order valence-corrected chi connectivity index (χ4v) is 2.74. The lowest BCUT2D eigenvalue weighted by Gasteiger charge is -2.32. The second-order valence-electron chi connectivity index (χ2n) is 5.72. The van der Waals surface area contributed by atoms with Crippen LogP contribution in [0.25, 0.3) is 0 Å². The van der Waals surface area contributed by atoms with Gasteiger partial charge in [-0.05, 0) is 25.0 Å². The van der Waals surface area contributed by atoms with E-state index in [1.165, 1.54) is 0 Å². The van der Waals surface area contributed by atoms with E-state index in [9.17, 15) is 4.79 Å². The third-order valence-electron chi connectivity index (χ3n) is 4.14. The van der Waals surface area contributed by atoms with E-state index in [0.717, 1.165) is 25.9 Å². The lowest BCUT2D eigenvalue weighted by Crippen LogP contribution is -2.45. The Labute approximate surface area is 146 Å². The van der Waals surface area contributed by atoms with Crippen LogP contribution in [0.4, 0.5) is 5.95 Å². The van der Waals surface area contributed by atoms with Crippen LogP contribution in [0.15, 0.2) is 30.6 Å². The van der Waals surface area contributed by atoms with Gasteiger partial charge in [-0.1, -0.05) is 0 Å². The highest BCUT2D eigenvalue weighted by molar-refractivity contribution is 5.94. The van der Waals surface area contributed by atoms with E-state index in [-0.39, 0.29) is 11.9 Å². The fourth-order valence-electron chi connectivity index (χ4n) is 2.74. The van der Waals surface area contributed by atoms with Crippen LogP contribution in [0, 0.1) is 0 Å². The third-order valence-corrected chi connectivity index (χ3v) is 4.14. The summed E-state index contributed by atoms with van der Waals surface area (Å²) < 4.78 is 10.4. The molecule has 0 bridgehead atoms. The predicted octanol–water partition coefficient (Wildman–Crippen LogP) is 1.29. The van der Waals surface area contributed by atoms with Crippen molar-refractivity contribution in [3.8, 4) is 11.8 Å². The van der Waals surface area contributed by atoms with E-state index in [0.29, 0.717) is 23.3 Å². The Kier molecular flexibility index (Phi) is 5.27. The van der Waals surface area contributed by atoms with Gasteiger partial charge in [-0.2, -0.15) is 9.97 Å². The topological polar surface area (TPSA) is 89.5 Å². The Morgan fingerprint density at radius 1 is 1.12 bits per heavy atom. The maximum absolute atomic E-state index is 12.2. The largest absolute Gasteiger partial charge is 0.481 e. The van der Waals surface area contributed by atoms with Crippen LogP contribution in [0.3, 0.4) is 0 Å². The van der Waals surface area contributed by atoms with Crippen molar-refractivity contribution >= 4 is 11.9 Å². The number of hydrogen-bond acceptors (Lipinski definition) is 7. The minimum Gasteiger partial charge on any atom is -0.481 e. The van der Waals surface area contributed by atoms with Crippen molar-refractivity contribution in [2.45, 2.75) is 18.9 Å². The number of aromatic nitrogens is 3. The summed E-state index contributed by atoms with van der Waals surface area (Å²) in [6, 6.07) is 5.19. The van der Waals surface area contributed by atoms with Gasteiger partial charge in [-0.25, -0.2) is 0 Å². The van der Waals surface area contributed by atoms with Gasteiger partial charge in [0.25, 0.3) is 5.91 Å². The molecule has 3 rings (SSSR count). The van der Waals surface area contributed by atoms with E-state index < -0.39 is 0 Å². The highest BCUT2D eigenvalue weighted by atomic mass is 16.5. The Morgan fingerprint density at radius 2 is 1.72 bits per heavy atom. The molecular weight excluding hydrogens is 322 g/mol. The molecule has 2 aromatic rings. The van der Waals surface area contributed by atoms with Gasteiger partial charge in [0, 0.05) is 37.1 Å². The summed E-state index contributed by atoms with van der Waals surface area (Å²) in [6.07, 6.45) is 4.87. The van der Waals surface area contributed by atoms with E-state index in [2.05, 4.69) is 25.2 Å². The van der Waals surface area contributed by atoms with Crippen LogP contribution in [0.5, 0.6) is 11.8 Å². The number of nitrogens with zero attached hydrogens (tertiary/aromatic N) is 4. The molecule has 1 N–H and O–H groups in total. The van der Waals surface area contributed by atoms with Crippen molar-refractivity contribution < 1.29 is 14.3 Å². The summed E-state index contributed by atoms with van der Waals surface area (Å²) in [5, 5.41) is 3.07. The van der Waals surface area contributed by atoms with Gasteiger partial charge < -0.3 is 19.7 Å². The SMILES string of the molecule is COc1cc(OC)nc(N2CCC(NC(=O)c3ccncc3)CC2)n1. The highest BCUT2D eigenvalue weighted by Crippen LogP contribution is 2.23. The van der Waals surface area contributed by atoms with Crippen molar-refractivity contribution in [1.29, 1.82) is 0 Å². The summed E-state index contributed by atoms with van der Waals surface area (Å²) in [5.74, 6) is 1.44. The lowest BCUT2D eigenvalue weighted by atomic mass is 10.0. The molecule has 25 heavy (non-hydrogen) atoms. The number of hydrogen-bond donors (Lipinski definition) is 1. The molecule has 132 valence electrons. The molecule has 1 amide bonds. The number of carbonyl (C=O) groups is 1. The molecule has 0 atom stereocenters. The van der Waals surface area contributed by atoms with Gasteiger partial charge in [0.05, 0.1) is 20.3 Å². The van der Waals surface area contributed by atoms with Gasteiger partial charge in [-0.3, -0.25) is 9.78 Å². The second-order valence-corrected chi connectivity index (χ2v) is 5.72. The molecule has 2 aromatic heterocycles. The maximum atomic E-state index is 12.2. The first-order chi connectivity index (χ1) is 12.2. The zero-order valence-corrected chi connectivity index (χ0v) is 14.3. The summed E-state index contributed by atoms with van der Waals surface area (Å²) in [6.45, 7) is 1.50. The quantitative estimate of drug-likeness (QED) is 0.875. The van der Waals surface area contributed by atoms with Crippen LogP contribution in [-0.2, 0) is 0 Å². The molecule has 0 aliphatic carbocycles. The second kappa shape index (κ2) is 7.78. The monoisotopic (exact) mass is 343 g/mol. The molecule has 1 aliphatic heterocycles. The molecular formula is C17H21N5O3. The summed E-state index contributed by atoms with van der Waals surface area (Å²) in [4.78, 5) is 27.0. The van der Waals surface area contributed by atoms with Crippen LogP contribution < -0.4 is 19.7 Å². The summed E-state index contributed by atoms with van der Waals surface area (Å²) in [7, 11) is 3.12. The zero-order valence-electron chi connectivity index (χ0n) is 14.3. The smallest absolute Gasteiger partial charge is 0.251 e. The lowest BCUT2D eigenvalue weighted by molar-refractivity contribution is 0.0931. The van der Waals surface area contributed by atoms with Gasteiger partial charge >= 0.3 is 0 Å². The zero-order chi connectivity index (χ0) is 17.6. The molecule has 1 saturated heterocycles. The number of pyridine rings is 1. The van der Waals surface area contributed by atoms with E-state index in [1.54, 1.807) is 44.8 Å². The van der Waals surface area contributed by atoms with E-state index in [4.69, 9.17) is 9.47 Å². The molecule has 8 heteroatoms. The Morgan fingerprint density at radius 3 is 2.28 bits per heavy atom. The highest BCUT2D eigenvalue weighted by Gasteiger charge is 2.23. The summed E-state index contributed by atoms with van der Waals surface area (Å²) >= 11 is 0. The number of nitrogens with one attached hydrogen (secondary N) is 1. The third kappa shape index (κ3) is 4.14. The number of methoxy groups -OCH3 is 2. The van der Waals surface area contributed by atoms with Crippen molar-refractivity contribution in [3.05, 3.63) is 36.2 Å². The standard InChI is InChI=1S/C17H21N5O3/c1-24-14-11-15(25-2)21-17(20-14)22-9-5-13(6-10-22)19-16(23)12-3-7-18-8-4-12/h3-4,7-8,11,13H,5-6,9-10H2,1-2H3,(H,19,23). The molecule has 0 aromatic carbocycles. The number of ether oxygens (including phenoxy) is 2. The number of rotatable bonds is 5. The van der Waals surface area contributed by atoms with Gasteiger partial charge in [0.2, 0.25) is 17.7 Å². The van der Waals surface area contributed by atoms with E-state index in [1.807, 2.05) is 0 Å². The van der Waals surface area contributed by atoms with Crippen LogP contribution in [-0.4, -0.2) is 54.2 Å². The first-order valence-electron chi connectivity index (χ1n) is 8.12. The normalized spacial score (nSPS) is 14.9. The average Bonchev–Trinajstić information content (AvgIpc) is 2.68. The van der Waals surface area contributed by atoms with Crippen molar-refractivity contribution in [2.75, 3.05) is 32.2 Å². The molecule has 1 fully saturated rings. The van der Waals surface area contributed by atoms with Gasteiger partial charge in [0.1, 0.15) is 0 Å². The van der Waals surface area contributed by atoms with Crippen LogP contribution in [0.1, 0.15) is 23.2 Å². The fraction of sp³-hybridized carbons (Fsp3) is 0.412. The molecule has 8 nitrogen and oxygen atoms in total. The predicted molar refractivity (Wildman–Crippen MR) is 92.1 cm³/mol. The maximum Gasteiger partial charge on any atom is 0.251 e. The summed E-state index contributed by atoms with van der Waals surface area (Å²) in [5.41, 5.74) is 0.623. The molecule has 0 unspecified atom stereocenters. The number of piperidine rings is 1. The van der Waals surface area contributed by atoms with Crippen LogP contribution in [0.2, 0.25) is 0 Å². The van der Waals surface area contributed by atoms with Crippen molar-refractivity contribution in [3.63, 3.8) is 0 Å².